The van der Waals surface area contributed by atoms with Crippen LogP contribution in [-0.4, -0.2) is 39.3 Å². The Labute approximate surface area is 182 Å². The molecule has 1 aromatic carbocycles. The predicted octanol–water partition coefficient (Wildman–Crippen LogP) is 4.14. The van der Waals surface area contributed by atoms with E-state index in [0.717, 1.165) is 42.4 Å². The highest BCUT2D eigenvalue weighted by molar-refractivity contribution is 5.96. The third-order valence-electron chi connectivity index (χ3n) is 6.08. The highest BCUT2D eigenvalue weighted by Gasteiger charge is 2.35. The van der Waals surface area contributed by atoms with Gasteiger partial charge in [-0.3, -0.25) is 4.90 Å². The lowest BCUT2D eigenvalue weighted by Crippen LogP contribution is -2.51. The van der Waals surface area contributed by atoms with Gasteiger partial charge < -0.3 is 15.7 Å². The van der Waals surface area contributed by atoms with Crippen LogP contribution in [0.5, 0.6) is 0 Å². The molecule has 2 heterocycles. The average Bonchev–Trinajstić information content (AvgIpc) is 2.73. The Kier molecular flexibility index (Phi) is 5.83. The standard InChI is InChI=1S/C23H30FN5O2/c1-14-11-15(24)9-10-17(14)19-18-12-25-22(31)29(16-7-5-4-6-8-16)20(18)27-21(26-19)28-23(2,3)13-30/h9-11,16,30H,4-8,12-13H2,1-3H3,(H,25,31)(H,26,27,28). The van der Waals surface area contributed by atoms with Gasteiger partial charge in [0.1, 0.15) is 11.6 Å². The molecular weight excluding hydrogens is 397 g/mol. The lowest BCUT2D eigenvalue weighted by Gasteiger charge is -2.38. The number of aliphatic hydroxyl groups is 1. The fourth-order valence-electron chi connectivity index (χ4n) is 4.37. The molecule has 31 heavy (non-hydrogen) atoms. The summed E-state index contributed by atoms with van der Waals surface area (Å²) < 4.78 is 13.8. The second-order valence-electron chi connectivity index (χ2n) is 9.14. The molecule has 7 nitrogen and oxygen atoms in total. The molecule has 2 amide bonds. The number of rotatable bonds is 5. The van der Waals surface area contributed by atoms with Gasteiger partial charge >= 0.3 is 6.03 Å². The first-order valence-corrected chi connectivity index (χ1v) is 10.9. The second-order valence-corrected chi connectivity index (χ2v) is 9.14. The minimum atomic E-state index is -0.643. The zero-order chi connectivity index (χ0) is 22.2. The summed E-state index contributed by atoms with van der Waals surface area (Å²) in [6.45, 7) is 5.75. The van der Waals surface area contributed by atoms with Crippen LogP contribution in [-0.2, 0) is 6.54 Å². The van der Waals surface area contributed by atoms with Crippen molar-refractivity contribution >= 4 is 17.8 Å². The van der Waals surface area contributed by atoms with Crippen LogP contribution in [0.25, 0.3) is 11.3 Å². The largest absolute Gasteiger partial charge is 0.394 e. The van der Waals surface area contributed by atoms with E-state index in [9.17, 15) is 14.3 Å². The van der Waals surface area contributed by atoms with Crippen LogP contribution in [0.2, 0.25) is 0 Å². The molecular formula is C23H30FN5O2. The van der Waals surface area contributed by atoms with Crippen molar-refractivity contribution in [1.29, 1.82) is 0 Å². The Hall–Kier alpha value is -2.74. The first-order valence-electron chi connectivity index (χ1n) is 10.9. The molecule has 8 heteroatoms. The molecule has 0 radical (unpaired) electrons. The number of carbonyl (C=O) groups excluding carboxylic acids is 1. The SMILES string of the molecule is Cc1cc(F)ccc1-c1nc(NC(C)(C)CO)nc2c1CNC(=O)N2C1CCCCC1. The molecule has 4 rings (SSSR count). The van der Waals surface area contributed by atoms with Crippen molar-refractivity contribution in [3.05, 3.63) is 35.1 Å². The van der Waals surface area contributed by atoms with Gasteiger partial charge in [-0.15, -0.1) is 0 Å². The van der Waals surface area contributed by atoms with Crippen molar-refractivity contribution < 1.29 is 14.3 Å². The lowest BCUT2D eigenvalue weighted by atomic mass is 9.93. The highest BCUT2D eigenvalue weighted by atomic mass is 19.1. The molecule has 1 aromatic heterocycles. The number of hydrogen-bond acceptors (Lipinski definition) is 5. The zero-order valence-electron chi connectivity index (χ0n) is 18.3. The Morgan fingerprint density at radius 2 is 2.00 bits per heavy atom. The van der Waals surface area contributed by atoms with Crippen molar-refractivity contribution in [2.24, 2.45) is 0 Å². The van der Waals surface area contributed by atoms with Gasteiger partial charge in [-0.25, -0.2) is 14.2 Å². The number of nitrogens with one attached hydrogen (secondary N) is 2. The van der Waals surface area contributed by atoms with Gasteiger partial charge in [0, 0.05) is 17.2 Å². The van der Waals surface area contributed by atoms with Crippen LogP contribution in [0.1, 0.15) is 57.1 Å². The minimum absolute atomic E-state index is 0.0866. The fraction of sp³-hybridized carbons (Fsp3) is 0.522. The summed E-state index contributed by atoms with van der Waals surface area (Å²) in [4.78, 5) is 24.2. The monoisotopic (exact) mass is 427 g/mol. The molecule has 0 atom stereocenters. The van der Waals surface area contributed by atoms with E-state index in [4.69, 9.17) is 9.97 Å². The number of halogens is 1. The quantitative estimate of drug-likeness (QED) is 0.667. The summed E-state index contributed by atoms with van der Waals surface area (Å²) in [6, 6.07) is 4.56. The number of fused-ring (bicyclic) bond motifs is 1. The third-order valence-corrected chi connectivity index (χ3v) is 6.08. The van der Waals surface area contributed by atoms with Gasteiger partial charge in [-0.2, -0.15) is 4.98 Å². The van der Waals surface area contributed by atoms with Gasteiger partial charge in [0.25, 0.3) is 0 Å². The molecule has 2 aromatic rings. The number of hydrogen-bond donors (Lipinski definition) is 3. The summed E-state index contributed by atoms with van der Waals surface area (Å²) in [5.41, 5.74) is 2.40. The molecule has 0 bridgehead atoms. The van der Waals surface area contributed by atoms with Crippen molar-refractivity contribution in [1.82, 2.24) is 15.3 Å². The van der Waals surface area contributed by atoms with E-state index in [2.05, 4.69) is 10.6 Å². The van der Waals surface area contributed by atoms with Gasteiger partial charge in [-0.1, -0.05) is 19.3 Å². The number of anilines is 2. The molecule has 2 aliphatic rings. The first-order chi connectivity index (χ1) is 14.8. The number of amides is 2. The van der Waals surface area contributed by atoms with Crippen LogP contribution in [0.3, 0.4) is 0 Å². The Morgan fingerprint density at radius 3 is 2.68 bits per heavy atom. The maximum Gasteiger partial charge on any atom is 0.323 e. The van der Waals surface area contributed by atoms with E-state index in [1.807, 2.05) is 20.8 Å². The highest BCUT2D eigenvalue weighted by Crippen LogP contribution is 2.37. The number of aliphatic hydroxyl groups excluding tert-OH is 1. The normalized spacial score (nSPS) is 17.3. The molecule has 1 aliphatic carbocycles. The summed E-state index contributed by atoms with van der Waals surface area (Å²) >= 11 is 0. The molecule has 1 saturated carbocycles. The Balaban J connectivity index is 1.88. The van der Waals surface area contributed by atoms with E-state index in [-0.39, 0.29) is 24.5 Å². The smallest absolute Gasteiger partial charge is 0.323 e. The van der Waals surface area contributed by atoms with Gasteiger partial charge in [0.2, 0.25) is 5.95 Å². The number of aromatic nitrogens is 2. The molecule has 1 fully saturated rings. The summed E-state index contributed by atoms with van der Waals surface area (Å²) in [7, 11) is 0. The minimum Gasteiger partial charge on any atom is -0.394 e. The van der Waals surface area contributed by atoms with E-state index >= 15 is 0 Å². The predicted molar refractivity (Wildman–Crippen MR) is 119 cm³/mol. The topological polar surface area (TPSA) is 90.4 Å². The van der Waals surface area contributed by atoms with Crippen molar-refractivity contribution in [2.45, 2.75) is 71.0 Å². The van der Waals surface area contributed by atoms with E-state index in [1.165, 1.54) is 18.6 Å². The molecule has 3 N–H and O–H groups in total. The van der Waals surface area contributed by atoms with Crippen LogP contribution in [0.15, 0.2) is 18.2 Å². The Bertz CT molecular complexity index is 988. The van der Waals surface area contributed by atoms with Crippen LogP contribution in [0, 0.1) is 12.7 Å². The number of nitrogens with zero attached hydrogens (tertiary/aromatic N) is 3. The number of benzene rings is 1. The van der Waals surface area contributed by atoms with E-state index in [0.29, 0.717) is 24.0 Å². The first kappa shape index (κ1) is 21.5. The van der Waals surface area contributed by atoms with Gasteiger partial charge in [0.15, 0.2) is 0 Å². The zero-order valence-corrected chi connectivity index (χ0v) is 18.3. The van der Waals surface area contributed by atoms with Crippen LogP contribution >= 0.6 is 0 Å². The summed E-state index contributed by atoms with van der Waals surface area (Å²) in [5.74, 6) is 0.633. The number of urea groups is 1. The molecule has 0 saturated heterocycles. The molecule has 166 valence electrons. The lowest BCUT2D eigenvalue weighted by molar-refractivity contribution is 0.233. The summed E-state index contributed by atoms with van der Waals surface area (Å²) in [6.07, 6.45) is 5.22. The average molecular weight is 428 g/mol. The van der Waals surface area contributed by atoms with Crippen molar-refractivity contribution in [3.8, 4) is 11.3 Å². The molecule has 1 aliphatic heterocycles. The van der Waals surface area contributed by atoms with Crippen LogP contribution < -0.4 is 15.5 Å². The van der Waals surface area contributed by atoms with E-state index in [1.54, 1.807) is 11.0 Å². The van der Waals surface area contributed by atoms with Gasteiger partial charge in [-0.05, 0) is 57.4 Å². The fourth-order valence-corrected chi connectivity index (χ4v) is 4.37. The van der Waals surface area contributed by atoms with Gasteiger partial charge in [0.05, 0.1) is 24.4 Å². The maximum atomic E-state index is 13.8. The maximum absolute atomic E-state index is 13.8. The third kappa shape index (κ3) is 4.35. The van der Waals surface area contributed by atoms with Crippen molar-refractivity contribution in [3.63, 3.8) is 0 Å². The molecule has 0 unspecified atom stereocenters. The van der Waals surface area contributed by atoms with E-state index < -0.39 is 5.54 Å². The second kappa shape index (κ2) is 8.42. The number of carbonyl (C=O) groups is 1. The Morgan fingerprint density at radius 1 is 1.26 bits per heavy atom. The molecule has 0 spiro atoms. The van der Waals surface area contributed by atoms with Crippen LogP contribution in [0.4, 0.5) is 21.0 Å². The summed E-state index contributed by atoms with van der Waals surface area (Å²) in [5, 5.41) is 15.9. The number of aryl methyl sites for hydroxylation is 1. The van der Waals surface area contributed by atoms with Crippen molar-refractivity contribution in [2.75, 3.05) is 16.8 Å².